The predicted octanol–water partition coefficient (Wildman–Crippen LogP) is 2.96. The molecule has 1 aromatic carbocycles. The summed E-state index contributed by atoms with van der Waals surface area (Å²) in [7, 11) is 0. The number of carbonyl (C=O) groups excluding carboxylic acids is 2. The first kappa shape index (κ1) is 20.7. The Labute approximate surface area is 171 Å². The van der Waals surface area contributed by atoms with Crippen LogP contribution in [0.1, 0.15) is 56.9 Å². The van der Waals surface area contributed by atoms with Crippen molar-refractivity contribution in [3.63, 3.8) is 0 Å². The number of nitrogens with two attached hydrogens (primary N) is 2. The molecule has 1 heterocycles. The highest BCUT2D eigenvalue weighted by Gasteiger charge is 2.35. The molecule has 0 radical (unpaired) electrons. The first-order valence-corrected chi connectivity index (χ1v) is 11.0. The topological polar surface area (TPSA) is 101 Å². The van der Waals surface area contributed by atoms with Gasteiger partial charge in [0.15, 0.2) is 0 Å². The molecule has 1 aromatic rings. The Bertz CT molecular complexity index is 716. The molecule has 0 aromatic heterocycles. The van der Waals surface area contributed by atoms with Gasteiger partial charge in [0.25, 0.3) is 0 Å². The lowest BCUT2D eigenvalue weighted by atomic mass is 9.86. The highest BCUT2D eigenvalue weighted by atomic mass is 32.2. The third kappa shape index (κ3) is 5.08. The summed E-state index contributed by atoms with van der Waals surface area (Å²) in [5.41, 5.74) is 7.43. The van der Waals surface area contributed by atoms with E-state index in [0.29, 0.717) is 36.0 Å². The molecule has 1 saturated heterocycles. The number of amides is 2. The minimum absolute atomic E-state index is 0.103. The van der Waals surface area contributed by atoms with Crippen LogP contribution in [-0.4, -0.2) is 29.3 Å². The van der Waals surface area contributed by atoms with E-state index in [2.05, 4.69) is 5.32 Å². The summed E-state index contributed by atoms with van der Waals surface area (Å²) >= 11 is 0.917. The molecular weight excluding hydrogens is 372 g/mol. The first-order valence-electron chi connectivity index (χ1n) is 10.1. The van der Waals surface area contributed by atoms with Crippen molar-refractivity contribution in [2.45, 2.75) is 57.4 Å². The van der Waals surface area contributed by atoms with Crippen molar-refractivity contribution in [3.8, 4) is 0 Å². The van der Waals surface area contributed by atoms with Crippen LogP contribution in [-0.2, 0) is 9.59 Å². The fraction of sp³-hybridized carbons (Fsp3) is 0.524. The lowest BCUT2D eigenvalue weighted by Crippen LogP contribution is -2.46. The Balaban J connectivity index is 1.65. The number of nitrogens with zero attached hydrogens (tertiary/aromatic N) is 1. The van der Waals surface area contributed by atoms with Crippen LogP contribution in [0.3, 0.4) is 0 Å². The molecule has 0 bridgehead atoms. The maximum atomic E-state index is 12.9. The number of nitrogens with one attached hydrogen (secondary N) is 1. The van der Waals surface area contributed by atoms with Crippen LogP contribution in [0.5, 0.6) is 0 Å². The normalized spacial score (nSPS) is 21.3. The van der Waals surface area contributed by atoms with Gasteiger partial charge in [0, 0.05) is 18.5 Å². The summed E-state index contributed by atoms with van der Waals surface area (Å²) < 4.78 is 0. The molecule has 1 unspecified atom stereocenters. The molecule has 152 valence electrons. The lowest BCUT2D eigenvalue weighted by molar-refractivity contribution is -0.139. The first-order chi connectivity index (χ1) is 13.6. The van der Waals surface area contributed by atoms with Crippen molar-refractivity contribution in [2.24, 2.45) is 16.8 Å². The minimum Gasteiger partial charge on any atom is -0.396 e. The molecular formula is C21H30N4O2S. The van der Waals surface area contributed by atoms with E-state index < -0.39 is 6.04 Å². The molecule has 2 aliphatic rings. The van der Waals surface area contributed by atoms with Gasteiger partial charge in [0.05, 0.1) is 5.70 Å². The SMILES string of the molecule is NS/C(NC(=O)C1CCCN1C(=O)CC1CCCCC1)=C(\N)c1ccccc1. The maximum absolute atomic E-state index is 12.9. The summed E-state index contributed by atoms with van der Waals surface area (Å²) in [6.07, 6.45) is 8.03. The standard InChI is InChI=1S/C21H30N4O2S/c22-19(16-10-5-2-6-11-16)21(28-23)24-20(27)17-12-7-13-25(17)18(26)14-15-8-3-1-4-9-15/h2,5-6,10-11,15,17H,1,3-4,7-9,12-14,22-23H2,(H,24,27)/b21-19-. The number of carbonyl (C=O) groups is 2. The average molecular weight is 403 g/mol. The second-order valence-electron chi connectivity index (χ2n) is 7.67. The summed E-state index contributed by atoms with van der Waals surface area (Å²) in [5, 5.41) is 9.03. The molecule has 0 spiro atoms. The third-order valence-electron chi connectivity index (χ3n) is 5.75. The predicted molar refractivity (Wildman–Crippen MR) is 113 cm³/mol. The summed E-state index contributed by atoms with van der Waals surface area (Å²) in [6.45, 7) is 0.645. The summed E-state index contributed by atoms with van der Waals surface area (Å²) in [5.74, 6) is 0.363. The van der Waals surface area contributed by atoms with E-state index in [1.807, 2.05) is 30.3 Å². The van der Waals surface area contributed by atoms with E-state index in [4.69, 9.17) is 10.9 Å². The molecule has 28 heavy (non-hydrogen) atoms. The van der Waals surface area contributed by atoms with Crippen LogP contribution in [0.4, 0.5) is 0 Å². The van der Waals surface area contributed by atoms with Crippen molar-refractivity contribution < 1.29 is 9.59 Å². The van der Waals surface area contributed by atoms with Crippen LogP contribution in [0, 0.1) is 5.92 Å². The number of benzene rings is 1. The van der Waals surface area contributed by atoms with Gasteiger partial charge in [-0.25, -0.2) is 0 Å². The minimum atomic E-state index is -0.443. The molecule has 2 amide bonds. The van der Waals surface area contributed by atoms with E-state index in [1.165, 1.54) is 19.3 Å². The van der Waals surface area contributed by atoms with Gasteiger partial charge < -0.3 is 16.0 Å². The quantitative estimate of drug-likeness (QED) is 0.635. The van der Waals surface area contributed by atoms with E-state index >= 15 is 0 Å². The molecule has 1 saturated carbocycles. The zero-order valence-electron chi connectivity index (χ0n) is 16.2. The number of hydrogen-bond donors (Lipinski definition) is 3. The van der Waals surface area contributed by atoms with Gasteiger partial charge in [-0.3, -0.25) is 14.7 Å². The highest BCUT2D eigenvalue weighted by molar-refractivity contribution is 8.01. The Kier molecular flexibility index (Phi) is 7.39. The van der Waals surface area contributed by atoms with Gasteiger partial charge in [-0.05, 0) is 43.5 Å². The largest absolute Gasteiger partial charge is 0.396 e. The van der Waals surface area contributed by atoms with Gasteiger partial charge in [-0.2, -0.15) is 0 Å². The lowest BCUT2D eigenvalue weighted by Gasteiger charge is -2.28. The molecule has 2 fully saturated rings. The van der Waals surface area contributed by atoms with Crippen molar-refractivity contribution >= 4 is 29.5 Å². The molecule has 1 aliphatic heterocycles. The van der Waals surface area contributed by atoms with Gasteiger partial charge in [0.1, 0.15) is 11.1 Å². The summed E-state index contributed by atoms with van der Waals surface area (Å²) in [6, 6.07) is 8.96. The van der Waals surface area contributed by atoms with Gasteiger partial charge in [-0.1, -0.05) is 49.6 Å². The van der Waals surface area contributed by atoms with Crippen LogP contribution in [0.15, 0.2) is 35.4 Å². The number of rotatable bonds is 6. The van der Waals surface area contributed by atoms with Gasteiger partial charge >= 0.3 is 0 Å². The van der Waals surface area contributed by atoms with Crippen molar-refractivity contribution in [1.82, 2.24) is 10.2 Å². The number of hydrogen-bond acceptors (Lipinski definition) is 5. The van der Waals surface area contributed by atoms with E-state index in [0.717, 1.165) is 36.8 Å². The molecule has 5 N–H and O–H groups in total. The van der Waals surface area contributed by atoms with E-state index in [-0.39, 0.29) is 11.8 Å². The molecule has 6 nitrogen and oxygen atoms in total. The zero-order chi connectivity index (χ0) is 19.9. The second-order valence-corrected chi connectivity index (χ2v) is 8.31. The number of likely N-dealkylation sites (tertiary alicyclic amines) is 1. The monoisotopic (exact) mass is 402 g/mol. The fourth-order valence-electron chi connectivity index (χ4n) is 4.20. The van der Waals surface area contributed by atoms with Crippen LogP contribution < -0.4 is 16.2 Å². The van der Waals surface area contributed by atoms with Crippen LogP contribution >= 0.6 is 11.9 Å². The van der Waals surface area contributed by atoms with Crippen LogP contribution in [0.25, 0.3) is 5.70 Å². The van der Waals surface area contributed by atoms with Crippen molar-refractivity contribution in [2.75, 3.05) is 6.54 Å². The average Bonchev–Trinajstić information content (AvgIpc) is 3.23. The van der Waals surface area contributed by atoms with E-state index in [9.17, 15) is 9.59 Å². The Morgan fingerprint density at radius 2 is 1.79 bits per heavy atom. The Hall–Kier alpha value is -1.99. The third-order valence-corrected chi connectivity index (χ3v) is 6.31. The maximum Gasteiger partial charge on any atom is 0.247 e. The molecule has 3 rings (SSSR count). The molecule has 1 atom stereocenters. The van der Waals surface area contributed by atoms with Crippen molar-refractivity contribution in [3.05, 3.63) is 40.9 Å². The van der Waals surface area contributed by atoms with Crippen molar-refractivity contribution in [1.29, 1.82) is 0 Å². The van der Waals surface area contributed by atoms with E-state index in [1.54, 1.807) is 4.90 Å². The molecule has 7 heteroatoms. The van der Waals surface area contributed by atoms with Gasteiger partial charge in [0.2, 0.25) is 11.8 Å². The highest BCUT2D eigenvalue weighted by Crippen LogP contribution is 2.29. The summed E-state index contributed by atoms with van der Waals surface area (Å²) in [4.78, 5) is 27.5. The Morgan fingerprint density at radius 3 is 2.46 bits per heavy atom. The second kappa shape index (κ2) is 9.98. The van der Waals surface area contributed by atoms with Gasteiger partial charge in [-0.15, -0.1) is 0 Å². The molecule has 1 aliphatic carbocycles. The smallest absolute Gasteiger partial charge is 0.247 e. The fourth-order valence-corrected chi connectivity index (χ4v) is 4.60. The Morgan fingerprint density at radius 1 is 1.07 bits per heavy atom. The zero-order valence-corrected chi connectivity index (χ0v) is 17.0. The van der Waals surface area contributed by atoms with Crippen LogP contribution in [0.2, 0.25) is 0 Å².